The second-order valence-corrected chi connectivity index (χ2v) is 10.4. The Balaban J connectivity index is 0.00000342. The number of nitrogens with one attached hydrogen (secondary N) is 1. The summed E-state index contributed by atoms with van der Waals surface area (Å²) < 4.78 is 15.0. The summed E-state index contributed by atoms with van der Waals surface area (Å²) >= 11 is 9.84. The molecule has 34 heavy (non-hydrogen) atoms. The Morgan fingerprint density at radius 1 is 1.26 bits per heavy atom. The number of nitrogens with zero attached hydrogens (tertiary/aromatic N) is 4. The number of amides is 1. The largest absolute Gasteiger partial charge is 0.355 e. The molecule has 3 heterocycles. The number of halogens is 3. The maximum Gasteiger partial charge on any atom is 0.252 e. The third-order valence-corrected chi connectivity index (χ3v) is 7.82. The van der Waals surface area contributed by atoms with Gasteiger partial charge in [-0.3, -0.25) is 14.6 Å². The molecule has 0 aliphatic carbocycles. The van der Waals surface area contributed by atoms with Crippen molar-refractivity contribution in [2.75, 3.05) is 44.7 Å². The maximum atomic E-state index is 14.3. The number of hydrogen-bond acceptors (Lipinski definition) is 5. The summed E-state index contributed by atoms with van der Waals surface area (Å²) in [5.74, 6) is 0.416. The molecule has 2 aliphatic heterocycles. The SMILES string of the molecule is CC[C@H]1CN(c2ncc(C(=O)NC)cc2Cl)CCN1C1CCN(Cc2ccc(Br)cc2F)CC1.[HH]. The number of piperazine rings is 1. The van der Waals surface area contributed by atoms with Gasteiger partial charge in [0.1, 0.15) is 11.6 Å². The van der Waals surface area contributed by atoms with Gasteiger partial charge in [-0.05, 0) is 50.6 Å². The zero-order valence-electron chi connectivity index (χ0n) is 19.7. The quantitative estimate of drug-likeness (QED) is 0.556. The van der Waals surface area contributed by atoms with E-state index in [9.17, 15) is 9.18 Å². The van der Waals surface area contributed by atoms with Crippen LogP contribution in [0.25, 0.3) is 0 Å². The molecule has 0 spiro atoms. The number of anilines is 1. The van der Waals surface area contributed by atoms with Crippen LogP contribution in [0.3, 0.4) is 0 Å². The van der Waals surface area contributed by atoms with Crippen LogP contribution in [0.1, 0.15) is 43.5 Å². The summed E-state index contributed by atoms with van der Waals surface area (Å²) in [6, 6.07) is 7.98. The summed E-state index contributed by atoms with van der Waals surface area (Å²) in [4.78, 5) is 23.6. The molecule has 9 heteroatoms. The van der Waals surface area contributed by atoms with E-state index >= 15 is 0 Å². The molecule has 2 fully saturated rings. The predicted octanol–water partition coefficient (Wildman–Crippen LogP) is 4.81. The van der Waals surface area contributed by atoms with Gasteiger partial charge in [0.2, 0.25) is 0 Å². The first kappa shape index (κ1) is 25.4. The third kappa shape index (κ3) is 5.73. The lowest BCUT2D eigenvalue weighted by atomic mass is 9.97. The number of hydrogen-bond donors (Lipinski definition) is 1. The van der Waals surface area contributed by atoms with Gasteiger partial charge in [0, 0.05) is 63.0 Å². The van der Waals surface area contributed by atoms with Crippen molar-refractivity contribution in [2.45, 2.75) is 44.8 Å². The van der Waals surface area contributed by atoms with Gasteiger partial charge in [-0.2, -0.15) is 0 Å². The first-order chi connectivity index (χ1) is 16.4. The van der Waals surface area contributed by atoms with Gasteiger partial charge in [0.15, 0.2) is 0 Å². The van der Waals surface area contributed by atoms with Crippen LogP contribution >= 0.6 is 27.5 Å². The Bertz CT molecular complexity index is 1020. The van der Waals surface area contributed by atoms with Crippen molar-refractivity contribution in [2.24, 2.45) is 0 Å². The molecule has 0 unspecified atom stereocenters. The molecule has 0 bridgehead atoms. The molecule has 0 saturated carbocycles. The van der Waals surface area contributed by atoms with Crippen molar-refractivity contribution in [1.29, 1.82) is 0 Å². The van der Waals surface area contributed by atoms with Gasteiger partial charge < -0.3 is 10.2 Å². The molecule has 2 aliphatic rings. The van der Waals surface area contributed by atoms with Gasteiger partial charge >= 0.3 is 0 Å². The number of rotatable bonds is 6. The summed E-state index contributed by atoms with van der Waals surface area (Å²) in [5, 5.41) is 3.12. The van der Waals surface area contributed by atoms with Crippen LogP contribution in [0.2, 0.25) is 5.02 Å². The average molecular weight is 555 g/mol. The van der Waals surface area contributed by atoms with Gasteiger partial charge in [0.05, 0.1) is 10.6 Å². The van der Waals surface area contributed by atoms with E-state index in [1.807, 2.05) is 12.1 Å². The van der Waals surface area contributed by atoms with Gasteiger partial charge in [-0.25, -0.2) is 9.37 Å². The van der Waals surface area contributed by atoms with E-state index < -0.39 is 0 Å². The average Bonchev–Trinajstić information content (AvgIpc) is 2.85. The standard InChI is InChI=1S/C25H32BrClFN5O.H2/c1-3-20-16-32(24-22(27)12-18(14-30-24)25(34)29-2)10-11-33(20)21-6-8-31(9-7-21)15-17-4-5-19(26)13-23(17)28;/h4-5,12-14,20-21H,3,6-11,15-16H2,1-2H3,(H,29,34);1H/t20-;/m0./s1. The Labute approximate surface area is 216 Å². The number of benzene rings is 1. The van der Waals surface area contributed by atoms with E-state index in [2.05, 4.69) is 47.9 Å². The molecular weight excluding hydrogens is 521 g/mol. The molecule has 1 aromatic heterocycles. The summed E-state index contributed by atoms with van der Waals surface area (Å²) in [5.41, 5.74) is 1.23. The lowest BCUT2D eigenvalue weighted by molar-refractivity contribution is 0.0607. The molecule has 1 atom stereocenters. The van der Waals surface area contributed by atoms with E-state index in [-0.39, 0.29) is 13.2 Å². The Morgan fingerprint density at radius 2 is 2.03 bits per heavy atom. The number of pyridine rings is 1. The van der Waals surface area contributed by atoms with Crippen LogP contribution in [-0.4, -0.2) is 72.5 Å². The van der Waals surface area contributed by atoms with Crippen molar-refractivity contribution in [1.82, 2.24) is 20.1 Å². The lowest BCUT2D eigenvalue weighted by Gasteiger charge is -2.47. The van der Waals surface area contributed by atoms with Crippen LogP contribution in [-0.2, 0) is 6.54 Å². The normalized spacial score (nSPS) is 20.5. The third-order valence-electron chi connectivity index (χ3n) is 7.05. The monoisotopic (exact) mass is 553 g/mol. The van der Waals surface area contributed by atoms with Gasteiger partial charge in [-0.15, -0.1) is 0 Å². The van der Waals surface area contributed by atoms with Crippen LogP contribution < -0.4 is 10.2 Å². The Kier molecular flexibility index (Phi) is 8.45. The molecule has 1 aromatic carbocycles. The van der Waals surface area contributed by atoms with Crippen LogP contribution in [0.5, 0.6) is 0 Å². The molecule has 6 nitrogen and oxygen atoms in total. The minimum absolute atomic E-state index is 0. The van der Waals surface area contributed by atoms with Gasteiger partial charge in [-0.1, -0.05) is 40.5 Å². The summed E-state index contributed by atoms with van der Waals surface area (Å²) in [7, 11) is 1.60. The summed E-state index contributed by atoms with van der Waals surface area (Å²) in [6.07, 6.45) is 4.83. The fourth-order valence-corrected chi connectivity index (χ4v) is 5.76. The van der Waals surface area contributed by atoms with Crippen molar-refractivity contribution in [3.05, 3.63) is 56.9 Å². The Morgan fingerprint density at radius 3 is 2.68 bits per heavy atom. The highest BCUT2D eigenvalue weighted by molar-refractivity contribution is 9.10. The van der Waals surface area contributed by atoms with Crippen molar-refractivity contribution >= 4 is 39.3 Å². The zero-order valence-corrected chi connectivity index (χ0v) is 22.1. The fourth-order valence-electron chi connectivity index (χ4n) is 5.14. The van der Waals surface area contributed by atoms with Crippen LogP contribution in [0, 0.1) is 5.82 Å². The Hall–Kier alpha value is -1.74. The number of piperidine rings is 1. The number of aromatic nitrogens is 1. The highest BCUT2D eigenvalue weighted by Gasteiger charge is 2.34. The molecule has 1 amide bonds. The number of carbonyl (C=O) groups excluding carboxylic acids is 1. The maximum absolute atomic E-state index is 14.3. The van der Waals surface area contributed by atoms with E-state index in [1.54, 1.807) is 25.4 Å². The number of carbonyl (C=O) groups is 1. The smallest absolute Gasteiger partial charge is 0.252 e. The molecule has 2 saturated heterocycles. The molecule has 2 aromatic rings. The molecule has 1 N–H and O–H groups in total. The van der Waals surface area contributed by atoms with Crippen molar-refractivity contribution in [3.8, 4) is 0 Å². The first-order valence-electron chi connectivity index (χ1n) is 11.9. The summed E-state index contributed by atoms with van der Waals surface area (Å²) in [6.45, 7) is 7.53. The minimum Gasteiger partial charge on any atom is -0.355 e. The fraction of sp³-hybridized carbons (Fsp3) is 0.520. The molecule has 0 radical (unpaired) electrons. The van der Waals surface area contributed by atoms with E-state index in [1.165, 1.54) is 0 Å². The highest BCUT2D eigenvalue weighted by Crippen LogP contribution is 2.30. The minimum atomic E-state index is -0.189. The molecule has 186 valence electrons. The van der Waals surface area contributed by atoms with E-state index in [4.69, 9.17) is 11.6 Å². The van der Waals surface area contributed by atoms with Crippen molar-refractivity contribution < 1.29 is 10.6 Å². The van der Waals surface area contributed by atoms with Gasteiger partial charge in [0.25, 0.3) is 5.91 Å². The van der Waals surface area contributed by atoms with E-state index in [0.717, 1.165) is 67.8 Å². The predicted molar refractivity (Wildman–Crippen MR) is 140 cm³/mol. The lowest BCUT2D eigenvalue weighted by Crippen LogP contribution is -2.58. The zero-order chi connectivity index (χ0) is 24.2. The van der Waals surface area contributed by atoms with E-state index in [0.29, 0.717) is 29.2 Å². The number of likely N-dealkylation sites (tertiary alicyclic amines) is 1. The first-order valence-corrected chi connectivity index (χ1v) is 13.1. The van der Waals surface area contributed by atoms with Crippen LogP contribution in [0.4, 0.5) is 10.2 Å². The second-order valence-electron chi connectivity index (χ2n) is 9.10. The van der Waals surface area contributed by atoms with Crippen molar-refractivity contribution in [3.63, 3.8) is 0 Å². The topological polar surface area (TPSA) is 51.7 Å². The van der Waals surface area contributed by atoms with Crippen LogP contribution in [0.15, 0.2) is 34.9 Å². The molecule has 4 rings (SSSR count). The molecular formula is C25H34BrClFN5O. The second kappa shape index (κ2) is 11.3. The highest BCUT2D eigenvalue weighted by atomic mass is 79.9.